The highest BCUT2D eigenvalue weighted by molar-refractivity contribution is 5.30. The molecular formula is C17H25N. The second-order valence-corrected chi connectivity index (χ2v) is 5.60. The molecule has 98 valence electrons. The van der Waals surface area contributed by atoms with E-state index in [2.05, 4.69) is 50.0 Å². The van der Waals surface area contributed by atoms with E-state index in [0.717, 1.165) is 18.9 Å². The summed E-state index contributed by atoms with van der Waals surface area (Å²) < 4.78 is 0. The van der Waals surface area contributed by atoms with Crippen molar-refractivity contribution in [2.45, 2.75) is 45.6 Å². The van der Waals surface area contributed by atoms with Gasteiger partial charge in [-0.05, 0) is 56.2 Å². The summed E-state index contributed by atoms with van der Waals surface area (Å²) in [6.45, 7) is 9.46. The third-order valence-corrected chi connectivity index (χ3v) is 3.99. The zero-order chi connectivity index (χ0) is 13.0. The summed E-state index contributed by atoms with van der Waals surface area (Å²) in [5, 5.41) is 3.65. The first-order valence-electron chi connectivity index (χ1n) is 7.15. The first kappa shape index (κ1) is 13.4. The fourth-order valence-corrected chi connectivity index (χ4v) is 3.11. The molecule has 0 aromatic heterocycles. The maximum atomic E-state index is 4.08. The summed E-state index contributed by atoms with van der Waals surface area (Å²) in [6.07, 6.45) is 4.88. The Bertz CT molecular complexity index is 408. The molecule has 0 spiro atoms. The fourth-order valence-electron chi connectivity index (χ4n) is 3.11. The van der Waals surface area contributed by atoms with Crippen molar-refractivity contribution in [2.75, 3.05) is 6.54 Å². The number of benzene rings is 1. The zero-order valence-corrected chi connectivity index (χ0v) is 11.7. The summed E-state index contributed by atoms with van der Waals surface area (Å²) in [4.78, 5) is 0. The van der Waals surface area contributed by atoms with Crippen molar-refractivity contribution in [3.8, 4) is 0 Å². The summed E-state index contributed by atoms with van der Waals surface area (Å²) in [7, 11) is 0. The first-order chi connectivity index (χ1) is 8.70. The molecule has 1 aromatic carbocycles. The van der Waals surface area contributed by atoms with Gasteiger partial charge in [-0.25, -0.2) is 0 Å². The second-order valence-electron chi connectivity index (χ2n) is 5.60. The molecule has 18 heavy (non-hydrogen) atoms. The van der Waals surface area contributed by atoms with Gasteiger partial charge in [-0.1, -0.05) is 36.8 Å². The van der Waals surface area contributed by atoms with Crippen molar-refractivity contribution >= 4 is 0 Å². The molecule has 1 aromatic rings. The van der Waals surface area contributed by atoms with Crippen LogP contribution in [-0.4, -0.2) is 12.6 Å². The Labute approximate surface area is 111 Å². The number of aryl methyl sites for hydroxylation is 1. The lowest BCUT2D eigenvalue weighted by Crippen LogP contribution is -2.39. The van der Waals surface area contributed by atoms with Crippen LogP contribution in [0.15, 0.2) is 36.4 Å². The van der Waals surface area contributed by atoms with Crippen LogP contribution >= 0.6 is 0 Å². The minimum atomic E-state index is 0.598. The molecule has 1 nitrogen and oxygen atoms in total. The molecular weight excluding hydrogens is 218 g/mol. The summed E-state index contributed by atoms with van der Waals surface area (Å²) in [6, 6.07) is 9.51. The SMILES string of the molecule is C=C(C)CC(NCC)C1CCc2ccccc2C1. The normalized spacial score (nSPS) is 20.2. The van der Waals surface area contributed by atoms with Crippen LogP contribution in [-0.2, 0) is 12.8 Å². The molecule has 0 amide bonds. The van der Waals surface area contributed by atoms with E-state index >= 15 is 0 Å². The Morgan fingerprint density at radius 3 is 2.78 bits per heavy atom. The van der Waals surface area contributed by atoms with E-state index in [1.807, 2.05) is 0 Å². The van der Waals surface area contributed by atoms with Crippen LogP contribution in [0.25, 0.3) is 0 Å². The number of nitrogens with one attached hydrogen (secondary N) is 1. The predicted molar refractivity (Wildman–Crippen MR) is 78.9 cm³/mol. The van der Waals surface area contributed by atoms with Crippen LogP contribution in [0.2, 0.25) is 0 Å². The van der Waals surface area contributed by atoms with Gasteiger partial charge in [-0.3, -0.25) is 0 Å². The Kier molecular flexibility index (Phi) is 4.60. The minimum Gasteiger partial charge on any atom is -0.314 e. The van der Waals surface area contributed by atoms with Gasteiger partial charge in [-0.15, -0.1) is 6.58 Å². The average molecular weight is 243 g/mol. The molecule has 0 radical (unpaired) electrons. The molecule has 1 aliphatic carbocycles. The second kappa shape index (κ2) is 6.19. The quantitative estimate of drug-likeness (QED) is 0.777. The van der Waals surface area contributed by atoms with Gasteiger partial charge < -0.3 is 5.32 Å². The minimum absolute atomic E-state index is 0.598. The van der Waals surface area contributed by atoms with Crippen molar-refractivity contribution in [1.82, 2.24) is 5.32 Å². The van der Waals surface area contributed by atoms with E-state index in [4.69, 9.17) is 0 Å². The summed E-state index contributed by atoms with van der Waals surface area (Å²) in [5.41, 5.74) is 4.40. The van der Waals surface area contributed by atoms with Crippen molar-refractivity contribution in [3.05, 3.63) is 47.5 Å². The average Bonchev–Trinajstić information content (AvgIpc) is 2.37. The largest absolute Gasteiger partial charge is 0.314 e. The first-order valence-corrected chi connectivity index (χ1v) is 7.15. The van der Waals surface area contributed by atoms with Gasteiger partial charge in [0.15, 0.2) is 0 Å². The van der Waals surface area contributed by atoms with E-state index in [-0.39, 0.29) is 0 Å². The molecule has 0 saturated carbocycles. The van der Waals surface area contributed by atoms with Crippen molar-refractivity contribution in [3.63, 3.8) is 0 Å². The molecule has 0 saturated heterocycles. The number of hydrogen-bond donors (Lipinski definition) is 1. The van der Waals surface area contributed by atoms with E-state index in [9.17, 15) is 0 Å². The van der Waals surface area contributed by atoms with Crippen LogP contribution in [0.3, 0.4) is 0 Å². The number of fused-ring (bicyclic) bond motifs is 1. The van der Waals surface area contributed by atoms with Crippen molar-refractivity contribution in [1.29, 1.82) is 0 Å². The standard InChI is InChI=1S/C17H25N/c1-4-18-17(11-13(2)3)16-10-9-14-7-5-6-8-15(14)12-16/h5-8,16-18H,2,4,9-12H2,1,3H3. The highest BCUT2D eigenvalue weighted by atomic mass is 14.9. The Morgan fingerprint density at radius 2 is 2.11 bits per heavy atom. The van der Waals surface area contributed by atoms with Crippen LogP contribution in [0.1, 0.15) is 37.8 Å². The Morgan fingerprint density at radius 1 is 1.39 bits per heavy atom. The molecule has 1 N–H and O–H groups in total. The molecule has 2 rings (SSSR count). The molecule has 0 bridgehead atoms. The predicted octanol–water partition coefficient (Wildman–Crippen LogP) is 3.74. The van der Waals surface area contributed by atoms with Crippen LogP contribution in [0.5, 0.6) is 0 Å². The van der Waals surface area contributed by atoms with E-state index in [1.54, 1.807) is 11.1 Å². The molecule has 0 fully saturated rings. The van der Waals surface area contributed by atoms with Crippen LogP contribution in [0.4, 0.5) is 0 Å². The number of rotatable bonds is 5. The molecule has 2 atom stereocenters. The van der Waals surface area contributed by atoms with Gasteiger partial charge in [0.05, 0.1) is 0 Å². The molecule has 0 heterocycles. The molecule has 1 aliphatic rings. The summed E-state index contributed by atoms with van der Waals surface area (Å²) in [5.74, 6) is 0.761. The Balaban J connectivity index is 2.07. The fraction of sp³-hybridized carbons (Fsp3) is 0.529. The monoisotopic (exact) mass is 243 g/mol. The van der Waals surface area contributed by atoms with Gasteiger partial charge in [0, 0.05) is 6.04 Å². The van der Waals surface area contributed by atoms with Gasteiger partial charge in [0.2, 0.25) is 0 Å². The summed E-state index contributed by atoms with van der Waals surface area (Å²) >= 11 is 0. The van der Waals surface area contributed by atoms with Gasteiger partial charge >= 0.3 is 0 Å². The zero-order valence-electron chi connectivity index (χ0n) is 11.7. The van der Waals surface area contributed by atoms with Gasteiger partial charge in [0.1, 0.15) is 0 Å². The molecule has 0 aliphatic heterocycles. The lowest BCUT2D eigenvalue weighted by atomic mass is 9.78. The maximum absolute atomic E-state index is 4.08. The third kappa shape index (κ3) is 3.23. The topological polar surface area (TPSA) is 12.0 Å². The highest BCUT2D eigenvalue weighted by Crippen LogP contribution is 2.29. The molecule has 1 heteroatoms. The Hall–Kier alpha value is -1.08. The number of hydrogen-bond acceptors (Lipinski definition) is 1. The van der Waals surface area contributed by atoms with Crippen molar-refractivity contribution in [2.24, 2.45) is 5.92 Å². The van der Waals surface area contributed by atoms with Crippen molar-refractivity contribution < 1.29 is 0 Å². The lowest BCUT2D eigenvalue weighted by molar-refractivity contribution is 0.322. The highest BCUT2D eigenvalue weighted by Gasteiger charge is 2.25. The van der Waals surface area contributed by atoms with E-state index < -0.39 is 0 Å². The lowest BCUT2D eigenvalue weighted by Gasteiger charge is -2.32. The van der Waals surface area contributed by atoms with Crippen LogP contribution < -0.4 is 5.32 Å². The third-order valence-electron chi connectivity index (χ3n) is 3.99. The van der Waals surface area contributed by atoms with Gasteiger partial charge in [-0.2, -0.15) is 0 Å². The molecule has 2 unspecified atom stereocenters. The maximum Gasteiger partial charge on any atom is 0.0135 e. The van der Waals surface area contributed by atoms with Crippen LogP contribution in [0, 0.1) is 5.92 Å². The van der Waals surface area contributed by atoms with Gasteiger partial charge in [0.25, 0.3) is 0 Å². The smallest absolute Gasteiger partial charge is 0.0135 e. The van der Waals surface area contributed by atoms with E-state index in [1.165, 1.54) is 24.8 Å². The van der Waals surface area contributed by atoms with E-state index in [0.29, 0.717) is 6.04 Å².